The molecular formula is C19H23ClN2O4S. The number of nitrogens with zero attached hydrogens (tertiary/aromatic N) is 1. The van der Waals surface area contributed by atoms with Gasteiger partial charge in [0.2, 0.25) is 10.0 Å². The van der Waals surface area contributed by atoms with E-state index in [1.54, 1.807) is 57.2 Å². The van der Waals surface area contributed by atoms with Crippen molar-refractivity contribution in [1.29, 1.82) is 0 Å². The molecule has 1 N–H and O–H groups in total. The van der Waals surface area contributed by atoms with Crippen LogP contribution >= 0.6 is 11.6 Å². The van der Waals surface area contributed by atoms with Crippen LogP contribution in [0.4, 0.5) is 5.69 Å². The highest BCUT2D eigenvalue weighted by atomic mass is 35.5. The smallest absolute Gasteiger partial charge is 0.265 e. The van der Waals surface area contributed by atoms with Crippen molar-refractivity contribution in [2.45, 2.75) is 31.8 Å². The van der Waals surface area contributed by atoms with Crippen molar-refractivity contribution >= 4 is 33.2 Å². The SMILES string of the molecule is CCN(CC)S(=O)(=O)c1ccc(NC(=O)C(C)Oc2ccccc2Cl)cc1. The van der Waals surface area contributed by atoms with Crippen LogP contribution in [0.1, 0.15) is 20.8 Å². The second kappa shape index (κ2) is 9.21. The van der Waals surface area contributed by atoms with E-state index in [4.69, 9.17) is 16.3 Å². The van der Waals surface area contributed by atoms with Gasteiger partial charge in [-0.15, -0.1) is 0 Å². The number of rotatable bonds is 8. The first-order valence-corrected chi connectivity index (χ1v) is 10.4. The minimum absolute atomic E-state index is 0.185. The zero-order valence-electron chi connectivity index (χ0n) is 15.5. The van der Waals surface area contributed by atoms with Crippen LogP contribution in [0.2, 0.25) is 5.02 Å². The molecular weight excluding hydrogens is 388 g/mol. The monoisotopic (exact) mass is 410 g/mol. The molecule has 146 valence electrons. The van der Waals surface area contributed by atoms with E-state index in [0.717, 1.165) is 0 Å². The molecule has 1 atom stereocenters. The summed E-state index contributed by atoms with van der Waals surface area (Å²) in [4.78, 5) is 12.5. The number of anilines is 1. The largest absolute Gasteiger partial charge is 0.479 e. The lowest BCUT2D eigenvalue weighted by Crippen LogP contribution is -2.31. The Labute approximate surface area is 165 Å². The van der Waals surface area contributed by atoms with Crippen molar-refractivity contribution in [3.63, 3.8) is 0 Å². The molecule has 0 aromatic heterocycles. The quantitative estimate of drug-likeness (QED) is 0.718. The van der Waals surface area contributed by atoms with Gasteiger partial charge in [0.15, 0.2) is 6.10 Å². The molecule has 2 aromatic rings. The van der Waals surface area contributed by atoms with E-state index in [0.29, 0.717) is 29.5 Å². The van der Waals surface area contributed by atoms with Crippen LogP contribution in [-0.2, 0) is 14.8 Å². The molecule has 8 heteroatoms. The third kappa shape index (κ3) is 5.22. The van der Waals surface area contributed by atoms with Crippen molar-refractivity contribution in [3.05, 3.63) is 53.6 Å². The maximum absolute atomic E-state index is 12.5. The van der Waals surface area contributed by atoms with Crippen molar-refractivity contribution in [3.8, 4) is 5.75 Å². The molecule has 27 heavy (non-hydrogen) atoms. The molecule has 2 aromatic carbocycles. The third-order valence-corrected chi connectivity index (χ3v) is 6.35. The zero-order chi connectivity index (χ0) is 20.0. The van der Waals surface area contributed by atoms with Crippen LogP contribution in [0.15, 0.2) is 53.4 Å². The van der Waals surface area contributed by atoms with Gasteiger partial charge in [-0.25, -0.2) is 8.42 Å². The lowest BCUT2D eigenvalue weighted by atomic mass is 10.3. The summed E-state index contributed by atoms with van der Waals surface area (Å²) < 4.78 is 31.9. The lowest BCUT2D eigenvalue weighted by Gasteiger charge is -2.19. The molecule has 0 radical (unpaired) electrons. The zero-order valence-corrected chi connectivity index (χ0v) is 17.0. The van der Waals surface area contributed by atoms with E-state index in [1.165, 1.54) is 16.4 Å². The standard InChI is InChI=1S/C19H23ClN2O4S/c1-4-22(5-2)27(24,25)16-12-10-15(11-13-16)21-19(23)14(3)26-18-9-7-6-8-17(18)20/h6-14H,4-5H2,1-3H3,(H,21,23). The van der Waals surface area contributed by atoms with Crippen molar-refractivity contribution < 1.29 is 17.9 Å². The van der Waals surface area contributed by atoms with Crippen molar-refractivity contribution in [1.82, 2.24) is 4.31 Å². The Hall–Kier alpha value is -2.09. The highest BCUT2D eigenvalue weighted by Crippen LogP contribution is 2.24. The second-order valence-corrected chi connectivity index (χ2v) is 8.14. The molecule has 0 spiro atoms. The van der Waals surface area contributed by atoms with Crippen LogP contribution in [0.5, 0.6) is 5.75 Å². The molecule has 0 saturated carbocycles. The maximum Gasteiger partial charge on any atom is 0.265 e. The highest BCUT2D eigenvalue weighted by molar-refractivity contribution is 7.89. The molecule has 2 rings (SSSR count). The van der Waals surface area contributed by atoms with Crippen LogP contribution in [0, 0.1) is 0 Å². The summed E-state index contributed by atoms with van der Waals surface area (Å²) in [6.07, 6.45) is -0.774. The molecule has 0 saturated heterocycles. The minimum atomic E-state index is -3.53. The number of benzene rings is 2. The molecule has 0 aliphatic carbocycles. The van der Waals surface area contributed by atoms with E-state index >= 15 is 0 Å². The van der Waals surface area contributed by atoms with E-state index in [2.05, 4.69) is 5.32 Å². The highest BCUT2D eigenvalue weighted by Gasteiger charge is 2.22. The molecule has 0 aliphatic rings. The van der Waals surface area contributed by atoms with Crippen molar-refractivity contribution in [2.24, 2.45) is 0 Å². The van der Waals surface area contributed by atoms with Gasteiger partial charge in [-0.2, -0.15) is 4.31 Å². The number of carbonyl (C=O) groups is 1. The van der Waals surface area contributed by atoms with Gasteiger partial charge >= 0.3 is 0 Å². The predicted octanol–water partition coefficient (Wildman–Crippen LogP) is 3.78. The summed E-state index contributed by atoms with van der Waals surface area (Å²) in [5, 5.41) is 3.12. The topological polar surface area (TPSA) is 75.7 Å². The average Bonchev–Trinajstić information content (AvgIpc) is 2.64. The number of nitrogens with one attached hydrogen (secondary N) is 1. The van der Waals surface area contributed by atoms with Crippen LogP contribution in [0.25, 0.3) is 0 Å². The summed E-state index contributed by atoms with van der Waals surface area (Å²) in [7, 11) is -3.53. The Morgan fingerprint density at radius 1 is 1.11 bits per heavy atom. The molecule has 6 nitrogen and oxygen atoms in total. The fraction of sp³-hybridized carbons (Fsp3) is 0.316. The van der Waals surface area contributed by atoms with Gasteiger partial charge in [-0.1, -0.05) is 37.6 Å². The molecule has 1 unspecified atom stereocenters. The number of hydrogen-bond donors (Lipinski definition) is 1. The predicted molar refractivity (Wildman–Crippen MR) is 107 cm³/mol. The fourth-order valence-electron chi connectivity index (χ4n) is 2.45. The van der Waals surface area contributed by atoms with Gasteiger partial charge in [0, 0.05) is 18.8 Å². The first-order chi connectivity index (χ1) is 12.8. The van der Waals surface area contributed by atoms with E-state index in [9.17, 15) is 13.2 Å². The number of hydrogen-bond acceptors (Lipinski definition) is 4. The first-order valence-electron chi connectivity index (χ1n) is 8.61. The normalized spacial score (nSPS) is 12.6. The summed E-state index contributed by atoms with van der Waals surface area (Å²) in [5.74, 6) is 0.0525. The van der Waals surface area contributed by atoms with Gasteiger partial charge in [0.25, 0.3) is 5.91 Å². The summed E-state index contributed by atoms with van der Waals surface area (Å²) in [6, 6.07) is 12.9. The molecule has 0 heterocycles. The number of amides is 1. The Kier molecular flexibility index (Phi) is 7.24. The van der Waals surface area contributed by atoms with Gasteiger partial charge in [-0.05, 0) is 43.3 Å². The van der Waals surface area contributed by atoms with Crippen molar-refractivity contribution in [2.75, 3.05) is 18.4 Å². The van der Waals surface area contributed by atoms with Gasteiger partial charge < -0.3 is 10.1 Å². The van der Waals surface area contributed by atoms with Gasteiger partial charge in [0.1, 0.15) is 5.75 Å². The summed E-state index contributed by atoms with van der Waals surface area (Å²) >= 11 is 6.03. The van der Waals surface area contributed by atoms with E-state index < -0.39 is 16.1 Å². The second-order valence-electron chi connectivity index (χ2n) is 5.79. The van der Waals surface area contributed by atoms with E-state index in [1.807, 2.05) is 0 Å². The van der Waals surface area contributed by atoms with Crippen LogP contribution < -0.4 is 10.1 Å². The molecule has 0 aliphatic heterocycles. The average molecular weight is 411 g/mol. The van der Waals surface area contributed by atoms with Gasteiger partial charge in [0.05, 0.1) is 9.92 Å². The third-order valence-electron chi connectivity index (χ3n) is 3.97. The number of halogens is 1. The number of sulfonamides is 1. The fourth-order valence-corrected chi connectivity index (χ4v) is 4.09. The maximum atomic E-state index is 12.5. The van der Waals surface area contributed by atoms with E-state index in [-0.39, 0.29) is 10.8 Å². The Morgan fingerprint density at radius 3 is 2.26 bits per heavy atom. The lowest BCUT2D eigenvalue weighted by molar-refractivity contribution is -0.122. The Balaban J connectivity index is 2.05. The molecule has 0 bridgehead atoms. The Bertz CT molecular complexity index is 881. The molecule has 1 amide bonds. The number of carbonyl (C=O) groups excluding carboxylic acids is 1. The van der Waals surface area contributed by atoms with Crippen LogP contribution in [-0.4, -0.2) is 37.8 Å². The minimum Gasteiger partial charge on any atom is -0.479 e. The van der Waals surface area contributed by atoms with Gasteiger partial charge in [-0.3, -0.25) is 4.79 Å². The first kappa shape index (κ1) is 21.2. The van der Waals surface area contributed by atoms with Crippen LogP contribution in [0.3, 0.4) is 0 Å². The number of ether oxygens (including phenoxy) is 1. The molecule has 0 fully saturated rings. The Morgan fingerprint density at radius 2 is 1.70 bits per heavy atom. The number of para-hydroxylation sites is 1. The summed E-state index contributed by atoms with van der Waals surface area (Å²) in [6.45, 7) is 5.98. The summed E-state index contributed by atoms with van der Waals surface area (Å²) in [5.41, 5.74) is 0.480.